The highest BCUT2D eigenvalue weighted by Gasteiger charge is 2.15. The summed E-state index contributed by atoms with van der Waals surface area (Å²) in [6.07, 6.45) is 18.3. The lowest BCUT2D eigenvalue weighted by atomic mass is 9.96. The molecule has 0 heterocycles. The van der Waals surface area contributed by atoms with E-state index in [0.29, 0.717) is 12.1 Å². The van der Waals surface area contributed by atoms with Crippen molar-refractivity contribution in [1.29, 1.82) is 0 Å². The molecule has 0 bridgehead atoms. The Morgan fingerprint density at radius 1 is 0.591 bits per heavy atom. The molecule has 2 aliphatic rings. The largest absolute Gasteiger partial charge is 0.294 e. The van der Waals surface area contributed by atoms with Crippen molar-refractivity contribution in [2.75, 3.05) is 26.2 Å². The maximum Gasteiger partial charge on any atom is 0.0467 e. The highest BCUT2D eigenvalue weighted by atomic mass is 15.1. The lowest BCUT2D eigenvalue weighted by molar-refractivity contribution is 0.287. The second-order valence-corrected chi connectivity index (χ2v) is 5.77. The maximum atomic E-state index is 2.46. The fourth-order valence-corrected chi connectivity index (χ4v) is 3.21. The number of allylic oxidation sites excluding steroid dienone is 6. The van der Waals surface area contributed by atoms with E-state index in [1.165, 1.54) is 11.1 Å². The van der Waals surface area contributed by atoms with Gasteiger partial charge in [0.25, 0.3) is 0 Å². The Hall–Kier alpha value is -1.38. The molecule has 0 aliphatic heterocycles. The number of hydrogen-bond acceptors (Lipinski definition) is 2. The first kappa shape index (κ1) is 17.0. The Balaban J connectivity index is 2.07. The van der Waals surface area contributed by atoms with Gasteiger partial charge < -0.3 is 0 Å². The first-order valence-electron chi connectivity index (χ1n) is 8.68. The molecule has 0 amide bonds. The van der Waals surface area contributed by atoms with E-state index >= 15 is 0 Å². The summed E-state index contributed by atoms with van der Waals surface area (Å²) >= 11 is 0. The van der Waals surface area contributed by atoms with Gasteiger partial charge in [0.05, 0.1) is 0 Å². The lowest BCUT2D eigenvalue weighted by Crippen LogP contribution is -2.33. The summed E-state index contributed by atoms with van der Waals surface area (Å²) in [7, 11) is 0. The summed E-state index contributed by atoms with van der Waals surface area (Å²) in [5.41, 5.74) is 2.63. The van der Waals surface area contributed by atoms with Crippen LogP contribution in [0.5, 0.6) is 0 Å². The predicted molar refractivity (Wildman–Crippen MR) is 97.0 cm³/mol. The van der Waals surface area contributed by atoms with Gasteiger partial charge in [-0.2, -0.15) is 0 Å². The minimum atomic E-state index is 0.444. The molecule has 0 aromatic heterocycles. The third-order valence-electron chi connectivity index (χ3n) is 4.69. The van der Waals surface area contributed by atoms with Crippen LogP contribution in [0.2, 0.25) is 0 Å². The van der Waals surface area contributed by atoms with Crippen LogP contribution in [0.25, 0.3) is 0 Å². The van der Waals surface area contributed by atoms with Crippen LogP contribution in [0.15, 0.2) is 59.8 Å². The smallest absolute Gasteiger partial charge is 0.0467 e. The Bertz CT molecular complexity index is 422. The van der Waals surface area contributed by atoms with E-state index in [2.05, 4.69) is 86.1 Å². The van der Waals surface area contributed by atoms with Crippen LogP contribution in [0.1, 0.15) is 27.7 Å². The highest BCUT2D eigenvalue weighted by Crippen LogP contribution is 2.22. The van der Waals surface area contributed by atoms with Crippen molar-refractivity contribution < 1.29 is 0 Å². The molecule has 0 N–H and O–H groups in total. The summed E-state index contributed by atoms with van der Waals surface area (Å²) in [5.74, 6) is 0. The lowest BCUT2D eigenvalue weighted by Gasteiger charge is -2.28. The zero-order chi connectivity index (χ0) is 15.9. The van der Waals surface area contributed by atoms with Crippen LogP contribution in [-0.2, 0) is 0 Å². The third-order valence-corrected chi connectivity index (χ3v) is 4.69. The molecule has 2 nitrogen and oxygen atoms in total. The second kappa shape index (κ2) is 8.30. The van der Waals surface area contributed by atoms with Gasteiger partial charge in [-0.05, 0) is 37.3 Å². The first-order valence-corrected chi connectivity index (χ1v) is 8.68. The molecule has 0 saturated carbocycles. The van der Waals surface area contributed by atoms with Crippen molar-refractivity contribution in [3.05, 3.63) is 59.8 Å². The molecule has 22 heavy (non-hydrogen) atoms. The van der Waals surface area contributed by atoms with E-state index in [9.17, 15) is 0 Å². The van der Waals surface area contributed by atoms with Gasteiger partial charge in [0, 0.05) is 12.1 Å². The highest BCUT2D eigenvalue weighted by molar-refractivity contribution is 5.51. The molecular weight excluding hydrogens is 268 g/mol. The molecule has 2 aliphatic carbocycles. The van der Waals surface area contributed by atoms with Gasteiger partial charge in [-0.1, -0.05) is 76.3 Å². The van der Waals surface area contributed by atoms with Crippen molar-refractivity contribution in [3.8, 4) is 0 Å². The Morgan fingerprint density at radius 2 is 0.864 bits per heavy atom. The number of nitrogens with zero attached hydrogens (tertiary/aromatic N) is 2. The zero-order valence-electron chi connectivity index (χ0n) is 14.5. The number of hydrogen-bond donors (Lipinski definition) is 0. The second-order valence-electron chi connectivity index (χ2n) is 5.77. The summed E-state index contributed by atoms with van der Waals surface area (Å²) in [6.45, 7) is 13.2. The topological polar surface area (TPSA) is 6.48 Å². The van der Waals surface area contributed by atoms with Crippen molar-refractivity contribution in [3.63, 3.8) is 0 Å². The monoisotopic (exact) mass is 298 g/mol. The SMILES string of the molecule is CCN(CC)C1C=CC(=C2C=CC(N(CC)CC)C=C2)C=C1. The third kappa shape index (κ3) is 3.88. The molecule has 0 aromatic carbocycles. The Morgan fingerprint density at radius 3 is 1.09 bits per heavy atom. The van der Waals surface area contributed by atoms with Crippen LogP contribution < -0.4 is 0 Å². The average molecular weight is 298 g/mol. The van der Waals surface area contributed by atoms with Gasteiger partial charge in [0.2, 0.25) is 0 Å². The van der Waals surface area contributed by atoms with Crippen LogP contribution >= 0.6 is 0 Å². The summed E-state index contributed by atoms with van der Waals surface area (Å²) in [6, 6.07) is 0.888. The van der Waals surface area contributed by atoms with Crippen LogP contribution in [0.4, 0.5) is 0 Å². The van der Waals surface area contributed by atoms with E-state index in [4.69, 9.17) is 0 Å². The Kier molecular flexibility index (Phi) is 6.41. The molecule has 2 heteroatoms. The fourth-order valence-electron chi connectivity index (χ4n) is 3.21. The van der Waals surface area contributed by atoms with Gasteiger partial charge in [0.1, 0.15) is 0 Å². The van der Waals surface area contributed by atoms with Gasteiger partial charge in [-0.3, -0.25) is 9.80 Å². The van der Waals surface area contributed by atoms with Gasteiger partial charge in [0.15, 0.2) is 0 Å². The van der Waals surface area contributed by atoms with Crippen LogP contribution in [0.3, 0.4) is 0 Å². The molecule has 0 atom stereocenters. The standard InChI is InChI=1S/C20H30N2/c1-5-21(6-2)19-13-9-17(10-14-19)18-11-15-20(16-12-18)22(7-3)8-4/h9-16,19-20H,5-8H2,1-4H3. The quantitative estimate of drug-likeness (QED) is 0.732. The molecule has 120 valence electrons. The van der Waals surface area contributed by atoms with E-state index in [0.717, 1.165) is 26.2 Å². The van der Waals surface area contributed by atoms with Gasteiger partial charge in [-0.15, -0.1) is 0 Å². The van der Waals surface area contributed by atoms with E-state index < -0.39 is 0 Å². The van der Waals surface area contributed by atoms with Gasteiger partial charge in [-0.25, -0.2) is 0 Å². The molecule has 0 saturated heterocycles. The molecule has 0 fully saturated rings. The van der Waals surface area contributed by atoms with Crippen molar-refractivity contribution in [1.82, 2.24) is 9.80 Å². The normalized spacial score (nSPS) is 24.1. The van der Waals surface area contributed by atoms with E-state index in [1.54, 1.807) is 0 Å². The summed E-state index contributed by atoms with van der Waals surface area (Å²) in [4.78, 5) is 4.91. The minimum absolute atomic E-state index is 0.444. The molecule has 0 unspecified atom stereocenters. The Labute approximate surface area is 136 Å². The molecule has 0 radical (unpaired) electrons. The van der Waals surface area contributed by atoms with Gasteiger partial charge >= 0.3 is 0 Å². The number of likely N-dealkylation sites (N-methyl/N-ethyl adjacent to an activating group) is 2. The van der Waals surface area contributed by atoms with Crippen molar-refractivity contribution in [2.24, 2.45) is 0 Å². The van der Waals surface area contributed by atoms with Crippen molar-refractivity contribution in [2.45, 2.75) is 39.8 Å². The molecule has 0 spiro atoms. The molecular formula is C20H30N2. The van der Waals surface area contributed by atoms with Crippen molar-refractivity contribution >= 4 is 0 Å². The van der Waals surface area contributed by atoms with Crippen LogP contribution in [-0.4, -0.2) is 48.1 Å². The maximum absolute atomic E-state index is 2.46. The summed E-state index contributed by atoms with van der Waals surface area (Å²) < 4.78 is 0. The van der Waals surface area contributed by atoms with E-state index in [-0.39, 0.29) is 0 Å². The van der Waals surface area contributed by atoms with E-state index in [1.807, 2.05) is 0 Å². The fraction of sp³-hybridized carbons (Fsp3) is 0.500. The molecule has 2 rings (SSSR count). The predicted octanol–water partition coefficient (Wildman–Crippen LogP) is 3.96. The number of rotatable bonds is 6. The zero-order valence-corrected chi connectivity index (χ0v) is 14.5. The first-order chi connectivity index (χ1) is 10.7. The molecule has 0 aromatic rings. The average Bonchev–Trinajstić information content (AvgIpc) is 2.58. The minimum Gasteiger partial charge on any atom is -0.294 e. The summed E-state index contributed by atoms with van der Waals surface area (Å²) in [5, 5.41) is 0. The van der Waals surface area contributed by atoms with Crippen LogP contribution in [0, 0.1) is 0 Å².